The first kappa shape index (κ1) is 17.2. The van der Waals surface area contributed by atoms with Crippen molar-refractivity contribution < 1.29 is 9.59 Å². The zero-order chi connectivity index (χ0) is 19.6. The van der Waals surface area contributed by atoms with E-state index in [4.69, 9.17) is 11.6 Å². The summed E-state index contributed by atoms with van der Waals surface area (Å²) in [5, 5.41) is 6.03. The van der Waals surface area contributed by atoms with Crippen LogP contribution in [0.1, 0.15) is 38.2 Å². The normalized spacial score (nSPS) is 38.9. The van der Waals surface area contributed by atoms with E-state index in [0.717, 1.165) is 21.4 Å². The lowest BCUT2D eigenvalue weighted by molar-refractivity contribution is -0.132. The van der Waals surface area contributed by atoms with Crippen LogP contribution >= 0.6 is 27.5 Å². The molecule has 5 aliphatic heterocycles. The first-order valence-corrected chi connectivity index (χ1v) is 10.8. The first-order chi connectivity index (χ1) is 13.2. The summed E-state index contributed by atoms with van der Waals surface area (Å²) in [4.78, 5) is 30.0. The molecule has 0 aliphatic carbocycles. The number of hydrogen-bond acceptors (Lipinski definition) is 3. The van der Waals surface area contributed by atoms with Gasteiger partial charge in [0.05, 0.1) is 5.70 Å². The maximum absolute atomic E-state index is 13.1. The van der Waals surface area contributed by atoms with Gasteiger partial charge in [-0.25, -0.2) is 4.79 Å². The van der Waals surface area contributed by atoms with Crippen molar-refractivity contribution in [1.82, 2.24) is 15.5 Å². The van der Waals surface area contributed by atoms with Crippen LogP contribution in [0.15, 0.2) is 34.4 Å². The zero-order valence-electron chi connectivity index (χ0n) is 15.6. The van der Waals surface area contributed by atoms with Crippen LogP contribution in [0.4, 0.5) is 10.5 Å². The molecule has 0 radical (unpaired) electrons. The molecule has 3 amide bonds. The van der Waals surface area contributed by atoms with Gasteiger partial charge in [0.1, 0.15) is 5.66 Å². The fourth-order valence-electron chi connectivity index (χ4n) is 6.35. The van der Waals surface area contributed by atoms with Crippen LogP contribution in [0.25, 0.3) is 0 Å². The number of nitrogens with one attached hydrogen (secondary N) is 2. The number of carbonyl (C=O) groups is 2. The molecule has 5 heterocycles. The SMILES string of the molecule is CC1(C)[C@@H](Cl)C[C@]23[C@@H]4CC(=O)N2CC=C2NC(=O)NC21N3c1cc(Br)ccc14. The van der Waals surface area contributed by atoms with Gasteiger partial charge in [-0.3, -0.25) is 4.79 Å². The molecule has 3 saturated heterocycles. The Balaban J connectivity index is 1.75. The minimum absolute atomic E-state index is 0.0302. The smallest absolute Gasteiger partial charge is 0.319 e. The Morgan fingerprint density at radius 2 is 2.07 bits per heavy atom. The number of carbonyl (C=O) groups excluding carboxylic acids is 2. The number of fused-ring (bicyclic) bond motifs is 2. The number of anilines is 1. The van der Waals surface area contributed by atoms with Gasteiger partial charge in [0.25, 0.3) is 0 Å². The predicted octanol–water partition coefficient (Wildman–Crippen LogP) is 3.23. The maximum Gasteiger partial charge on any atom is 0.321 e. The molecule has 146 valence electrons. The molecule has 2 spiro atoms. The van der Waals surface area contributed by atoms with Crippen molar-refractivity contribution in [2.45, 2.75) is 49.3 Å². The Bertz CT molecular complexity index is 1010. The second kappa shape index (κ2) is 4.87. The number of urea groups is 1. The van der Waals surface area contributed by atoms with Gasteiger partial charge >= 0.3 is 6.03 Å². The van der Waals surface area contributed by atoms with Gasteiger partial charge in [-0.2, -0.15) is 0 Å². The monoisotopic (exact) mass is 462 g/mol. The van der Waals surface area contributed by atoms with Crippen LogP contribution in [0.3, 0.4) is 0 Å². The molecule has 5 aliphatic rings. The van der Waals surface area contributed by atoms with E-state index in [1.807, 2.05) is 17.0 Å². The van der Waals surface area contributed by atoms with Crippen molar-refractivity contribution in [1.29, 1.82) is 0 Å². The number of alkyl halides is 1. The molecule has 1 aromatic carbocycles. The largest absolute Gasteiger partial charge is 0.321 e. The molecular formula is C20H20BrClN4O2. The fraction of sp³-hybridized carbons (Fsp3) is 0.500. The van der Waals surface area contributed by atoms with Crippen molar-refractivity contribution in [3.63, 3.8) is 0 Å². The molecule has 6 nitrogen and oxygen atoms in total. The lowest BCUT2D eigenvalue weighted by atomic mass is 9.65. The highest BCUT2D eigenvalue weighted by molar-refractivity contribution is 9.10. The molecule has 0 aromatic heterocycles. The quantitative estimate of drug-likeness (QED) is 0.581. The average Bonchev–Trinajstić information content (AvgIpc) is 3.14. The molecule has 1 aromatic rings. The Morgan fingerprint density at radius 1 is 1.29 bits per heavy atom. The van der Waals surface area contributed by atoms with Crippen molar-refractivity contribution in [3.05, 3.63) is 40.0 Å². The summed E-state index contributed by atoms with van der Waals surface area (Å²) in [6.45, 7) is 4.69. The van der Waals surface area contributed by atoms with Crippen molar-refractivity contribution in [2.24, 2.45) is 5.41 Å². The minimum atomic E-state index is -0.835. The predicted molar refractivity (Wildman–Crippen MR) is 109 cm³/mol. The van der Waals surface area contributed by atoms with E-state index in [0.29, 0.717) is 19.4 Å². The number of piperidine rings is 1. The minimum Gasteiger partial charge on any atom is -0.319 e. The average molecular weight is 464 g/mol. The van der Waals surface area contributed by atoms with E-state index in [1.54, 1.807) is 0 Å². The number of halogens is 2. The Hall–Kier alpha value is -1.73. The molecule has 2 N–H and O–H groups in total. The van der Waals surface area contributed by atoms with E-state index in [-0.39, 0.29) is 23.2 Å². The molecule has 8 heteroatoms. The van der Waals surface area contributed by atoms with Crippen LogP contribution < -0.4 is 15.5 Å². The summed E-state index contributed by atoms with van der Waals surface area (Å²) in [6.07, 6.45) is 3.12. The van der Waals surface area contributed by atoms with E-state index < -0.39 is 16.7 Å². The third-order valence-corrected chi connectivity index (χ3v) is 8.84. The number of nitrogens with zero attached hydrogens (tertiary/aromatic N) is 2. The molecule has 0 saturated carbocycles. The summed E-state index contributed by atoms with van der Waals surface area (Å²) < 4.78 is 0.974. The molecular weight excluding hydrogens is 444 g/mol. The van der Waals surface area contributed by atoms with Crippen molar-refractivity contribution >= 4 is 45.2 Å². The second-order valence-corrected chi connectivity index (χ2v) is 10.4. The zero-order valence-corrected chi connectivity index (χ0v) is 17.9. The van der Waals surface area contributed by atoms with E-state index in [9.17, 15) is 9.59 Å². The third kappa shape index (κ3) is 1.58. The molecule has 4 atom stereocenters. The van der Waals surface area contributed by atoms with Gasteiger partial charge in [-0.1, -0.05) is 35.8 Å². The Kier molecular flexibility index (Phi) is 2.99. The third-order valence-electron chi connectivity index (χ3n) is 7.64. The molecule has 28 heavy (non-hydrogen) atoms. The van der Waals surface area contributed by atoms with Crippen molar-refractivity contribution in [3.8, 4) is 0 Å². The summed E-state index contributed by atoms with van der Waals surface area (Å²) in [5.74, 6) is 0.174. The number of hydrogen-bond donors (Lipinski definition) is 2. The lowest BCUT2D eigenvalue weighted by Crippen LogP contribution is -2.79. The molecule has 3 fully saturated rings. The highest BCUT2D eigenvalue weighted by Gasteiger charge is 2.76. The van der Waals surface area contributed by atoms with E-state index in [1.165, 1.54) is 0 Å². The Morgan fingerprint density at radius 3 is 2.86 bits per heavy atom. The summed E-state index contributed by atoms with van der Waals surface area (Å²) in [5.41, 5.74) is 1.13. The highest BCUT2D eigenvalue weighted by atomic mass is 79.9. The summed E-state index contributed by atoms with van der Waals surface area (Å²) in [7, 11) is 0. The van der Waals surface area contributed by atoms with Crippen LogP contribution in [0, 0.1) is 5.41 Å². The molecule has 1 unspecified atom stereocenters. The van der Waals surface area contributed by atoms with Gasteiger partial charge in [0.15, 0.2) is 5.66 Å². The van der Waals surface area contributed by atoms with Crippen molar-refractivity contribution in [2.75, 3.05) is 11.4 Å². The van der Waals surface area contributed by atoms with E-state index in [2.05, 4.69) is 57.4 Å². The lowest BCUT2D eigenvalue weighted by Gasteiger charge is -2.63. The first-order valence-electron chi connectivity index (χ1n) is 9.57. The maximum atomic E-state index is 13.1. The van der Waals surface area contributed by atoms with E-state index >= 15 is 0 Å². The fourth-order valence-corrected chi connectivity index (χ4v) is 7.09. The van der Waals surface area contributed by atoms with Gasteiger partial charge in [-0.15, -0.1) is 11.6 Å². The number of amides is 3. The van der Waals surface area contributed by atoms with Gasteiger partial charge in [-0.05, 0) is 23.8 Å². The number of rotatable bonds is 0. The number of benzene rings is 1. The van der Waals surface area contributed by atoms with Gasteiger partial charge in [0.2, 0.25) is 5.91 Å². The highest BCUT2D eigenvalue weighted by Crippen LogP contribution is 2.67. The van der Waals surface area contributed by atoms with Crippen LogP contribution in [0.5, 0.6) is 0 Å². The van der Waals surface area contributed by atoms with Crippen LogP contribution in [-0.2, 0) is 4.79 Å². The standard InChI is InChI=1S/C20H20BrClN4O2/c1-18(2)14(22)9-19-12-8-16(27)25(19)6-5-15-20(18,24-17(28)23-15)26(19)13-7-10(21)3-4-11(12)13/h3-5,7,12,14H,6,8-9H2,1-2H3,(H2,23,24,28)/t12-,14+,19+,20?/m1/s1. The Labute approximate surface area is 176 Å². The van der Waals surface area contributed by atoms with Gasteiger partial charge < -0.3 is 20.4 Å². The van der Waals surface area contributed by atoms with Gasteiger partial charge in [0, 0.05) is 46.3 Å². The van der Waals surface area contributed by atoms with Crippen LogP contribution in [0.2, 0.25) is 0 Å². The molecule has 6 rings (SSSR count). The van der Waals surface area contributed by atoms with Crippen LogP contribution in [-0.4, -0.2) is 40.1 Å². The summed E-state index contributed by atoms with van der Waals surface area (Å²) in [6, 6.07) is 6.03. The topological polar surface area (TPSA) is 64.7 Å². The molecule has 2 bridgehead atoms. The second-order valence-electron chi connectivity index (χ2n) is 8.98. The summed E-state index contributed by atoms with van der Waals surface area (Å²) >= 11 is 10.7.